The molecule has 0 radical (unpaired) electrons. The van der Waals surface area contributed by atoms with Crippen molar-refractivity contribution in [1.29, 1.82) is 0 Å². The zero-order valence-electron chi connectivity index (χ0n) is 19.2. The minimum atomic E-state index is -0.232. The van der Waals surface area contributed by atoms with Crippen molar-refractivity contribution in [2.24, 2.45) is 0 Å². The molecule has 34 heavy (non-hydrogen) atoms. The highest BCUT2D eigenvalue weighted by molar-refractivity contribution is 5.97. The van der Waals surface area contributed by atoms with Crippen molar-refractivity contribution in [3.8, 4) is 11.5 Å². The third-order valence-corrected chi connectivity index (χ3v) is 6.50. The Bertz CT molecular complexity index is 1010. The molecule has 180 valence electrons. The van der Waals surface area contributed by atoms with E-state index in [1.807, 2.05) is 24.3 Å². The first-order chi connectivity index (χ1) is 16.7. The summed E-state index contributed by atoms with van der Waals surface area (Å²) in [5.74, 6) is 1.32. The molecule has 2 fully saturated rings. The summed E-state index contributed by atoms with van der Waals surface area (Å²) in [6.07, 6.45) is 0.281. The number of benzene rings is 2. The van der Waals surface area contributed by atoms with Crippen LogP contribution in [0, 0.1) is 0 Å². The molecule has 3 aliphatic heterocycles. The Morgan fingerprint density at radius 1 is 0.941 bits per heavy atom. The largest absolute Gasteiger partial charge is 0.486 e. The average molecular weight is 466 g/mol. The normalized spacial score (nSPS) is 20.4. The Morgan fingerprint density at radius 2 is 1.71 bits per heavy atom. The molecule has 2 aromatic carbocycles. The number of nitrogens with one attached hydrogen (secondary N) is 2. The highest BCUT2D eigenvalue weighted by Gasteiger charge is 2.32. The van der Waals surface area contributed by atoms with Gasteiger partial charge in [0.2, 0.25) is 5.91 Å². The van der Waals surface area contributed by atoms with Crippen LogP contribution in [0.15, 0.2) is 48.5 Å². The summed E-state index contributed by atoms with van der Waals surface area (Å²) in [4.78, 5) is 31.4. The number of carbonyl (C=O) groups excluding carboxylic acids is 2. The van der Waals surface area contributed by atoms with E-state index in [2.05, 4.69) is 44.7 Å². The highest BCUT2D eigenvalue weighted by Crippen LogP contribution is 2.35. The number of urea groups is 1. The van der Waals surface area contributed by atoms with Crippen molar-refractivity contribution < 1.29 is 19.1 Å². The van der Waals surface area contributed by atoms with E-state index >= 15 is 0 Å². The lowest BCUT2D eigenvalue weighted by Crippen LogP contribution is -2.50. The van der Waals surface area contributed by atoms with Crippen LogP contribution in [0.5, 0.6) is 11.5 Å². The number of rotatable bonds is 6. The Balaban J connectivity index is 1.03. The van der Waals surface area contributed by atoms with Gasteiger partial charge in [0.15, 0.2) is 11.5 Å². The standard InChI is InChI=1S/C25H31N5O4/c31-24-16-19(18-30(24)21-6-7-22-23(17-21)34-15-14-33-22)27-25(32)26-8-9-28-10-12-29(13-11-28)20-4-2-1-3-5-20/h1-7,17,19H,8-16,18H2,(H2,26,27,32)/t19-/m0/s1. The van der Waals surface area contributed by atoms with Crippen LogP contribution in [0.1, 0.15) is 6.42 Å². The zero-order valence-corrected chi connectivity index (χ0v) is 19.2. The van der Waals surface area contributed by atoms with Gasteiger partial charge in [0.1, 0.15) is 13.2 Å². The summed E-state index contributed by atoms with van der Waals surface area (Å²) in [6.45, 7) is 6.75. The maximum absolute atomic E-state index is 12.6. The summed E-state index contributed by atoms with van der Waals surface area (Å²) >= 11 is 0. The molecule has 0 aromatic heterocycles. The molecule has 0 spiro atoms. The Morgan fingerprint density at radius 3 is 2.50 bits per heavy atom. The summed E-state index contributed by atoms with van der Waals surface area (Å²) in [5, 5.41) is 5.88. The molecule has 0 unspecified atom stereocenters. The quantitative estimate of drug-likeness (QED) is 0.675. The molecule has 1 atom stereocenters. The lowest BCUT2D eigenvalue weighted by Gasteiger charge is -2.36. The molecule has 0 bridgehead atoms. The number of hydrogen-bond acceptors (Lipinski definition) is 6. The van der Waals surface area contributed by atoms with Gasteiger partial charge in [0.05, 0.1) is 6.04 Å². The highest BCUT2D eigenvalue weighted by atomic mass is 16.6. The topological polar surface area (TPSA) is 86.4 Å². The van der Waals surface area contributed by atoms with Crippen LogP contribution in [0.4, 0.5) is 16.2 Å². The van der Waals surface area contributed by atoms with Crippen LogP contribution in [0.2, 0.25) is 0 Å². The molecule has 3 aliphatic rings. The summed E-state index contributed by atoms with van der Waals surface area (Å²) in [7, 11) is 0. The van der Waals surface area contributed by atoms with Gasteiger partial charge < -0.3 is 29.9 Å². The molecule has 9 nitrogen and oxygen atoms in total. The van der Waals surface area contributed by atoms with E-state index in [9.17, 15) is 9.59 Å². The first-order valence-corrected chi connectivity index (χ1v) is 11.9. The molecule has 0 saturated carbocycles. The third-order valence-electron chi connectivity index (χ3n) is 6.50. The fourth-order valence-corrected chi connectivity index (χ4v) is 4.69. The lowest BCUT2D eigenvalue weighted by molar-refractivity contribution is -0.117. The molecule has 3 amide bonds. The number of nitrogens with zero attached hydrogens (tertiary/aromatic N) is 3. The van der Waals surface area contributed by atoms with E-state index in [1.54, 1.807) is 4.90 Å². The number of carbonyl (C=O) groups is 2. The van der Waals surface area contributed by atoms with Crippen molar-refractivity contribution in [3.05, 3.63) is 48.5 Å². The second-order valence-corrected chi connectivity index (χ2v) is 8.80. The average Bonchev–Trinajstić information content (AvgIpc) is 3.24. The maximum Gasteiger partial charge on any atom is 0.315 e. The van der Waals surface area contributed by atoms with Crippen LogP contribution < -0.4 is 29.9 Å². The molecule has 5 rings (SSSR count). The van der Waals surface area contributed by atoms with E-state index in [4.69, 9.17) is 9.47 Å². The van der Waals surface area contributed by atoms with Crippen LogP contribution in [0.25, 0.3) is 0 Å². The summed E-state index contributed by atoms with van der Waals surface area (Å²) < 4.78 is 11.2. The molecule has 3 heterocycles. The molecular formula is C25H31N5O4. The van der Waals surface area contributed by atoms with Gasteiger partial charge in [0.25, 0.3) is 0 Å². The van der Waals surface area contributed by atoms with Crippen LogP contribution in [-0.2, 0) is 4.79 Å². The van der Waals surface area contributed by atoms with Crippen LogP contribution in [-0.4, -0.2) is 81.9 Å². The number of hydrogen-bond donors (Lipinski definition) is 2. The minimum Gasteiger partial charge on any atom is -0.486 e. The number of amides is 3. The van der Waals surface area contributed by atoms with Crippen molar-refractivity contribution in [3.63, 3.8) is 0 Å². The molecule has 9 heteroatoms. The zero-order chi connectivity index (χ0) is 23.3. The lowest BCUT2D eigenvalue weighted by atomic mass is 10.2. The van der Waals surface area contributed by atoms with Gasteiger partial charge in [0, 0.05) is 69.7 Å². The van der Waals surface area contributed by atoms with E-state index in [0.29, 0.717) is 37.8 Å². The first-order valence-electron chi connectivity index (χ1n) is 11.9. The first kappa shape index (κ1) is 22.3. The number of anilines is 2. The second kappa shape index (κ2) is 10.2. The number of para-hydroxylation sites is 1. The van der Waals surface area contributed by atoms with Gasteiger partial charge in [-0.1, -0.05) is 18.2 Å². The Labute approximate surface area is 199 Å². The van der Waals surface area contributed by atoms with Gasteiger partial charge >= 0.3 is 6.03 Å². The van der Waals surface area contributed by atoms with E-state index in [-0.39, 0.29) is 24.4 Å². The third kappa shape index (κ3) is 5.20. The Hall–Kier alpha value is -3.46. The van der Waals surface area contributed by atoms with Crippen molar-refractivity contribution in [1.82, 2.24) is 15.5 Å². The van der Waals surface area contributed by atoms with E-state index < -0.39 is 0 Å². The van der Waals surface area contributed by atoms with Gasteiger partial charge in [-0.3, -0.25) is 9.69 Å². The summed E-state index contributed by atoms with van der Waals surface area (Å²) in [5.41, 5.74) is 2.02. The summed E-state index contributed by atoms with van der Waals surface area (Å²) in [6, 6.07) is 15.5. The molecular weight excluding hydrogens is 434 g/mol. The van der Waals surface area contributed by atoms with Gasteiger partial charge in [-0.05, 0) is 24.3 Å². The van der Waals surface area contributed by atoms with Crippen LogP contribution >= 0.6 is 0 Å². The smallest absolute Gasteiger partial charge is 0.315 e. The molecule has 2 N–H and O–H groups in total. The minimum absolute atomic E-state index is 0.0155. The van der Waals surface area contributed by atoms with Crippen molar-refractivity contribution in [2.45, 2.75) is 12.5 Å². The maximum atomic E-state index is 12.6. The predicted molar refractivity (Wildman–Crippen MR) is 130 cm³/mol. The molecule has 0 aliphatic carbocycles. The van der Waals surface area contributed by atoms with E-state index in [0.717, 1.165) is 38.4 Å². The monoisotopic (exact) mass is 465 g/mol. The number of piperazine rings is 1. The second-order valence-electron chi connectivity index (χ2n) is 8.80. The van der Waals surface area contributed by atoms with Crippen molar-refractivity contribution in [2.75, 3.05) is 68.8 Å². The number of fused-ring (bicyclic) bond motifs is 1. The van der Waals surface area contributed by atoms with E-state index in [1.165, 1.54) is 5.69 Å². The van der Waals surface area contributed by atoms with Gasteiger partial charge in [-0.15, -0.1) is 0 Å². The van der Waals surface area contributed by atoms with Gasteiger partial charge in [-0.2, -0.15) is 0 Å². The predicted octanol–water partition coefficient (Wildman–Crippen LogP) is 1.68. The van der Waals surface area contributed by atoms with Crippen LogP contribution in [0.3, 0.4) is 0 Å². The fraction of sp³-hybridized carbons (Fsp3) is 0.440. The SMILES string of the molecule is O=C(NCCN1CCN(c2ccccc2)CC1)N[C@H]1CC(=O)N(c2ccc3c(c2)OCCO3)C1. The number of ether oxygens (including phenoxy) is 2. The van der Waals surface area contributed by atoms with Crippen molar-refractivity contribution >= 4 is 23.3 Å². The Kier molecular flexibility index (Phi) is 6.71. The molecule has 2 aromatic rings. The fourth-order valence-electron chi connectivity index (χ4n) is 4.69. The molecule has 2 saturated heterocycles. The van der Waals surface area contributed by atoms with Gasteiger partial charge in [-0.25, -0.2) is 4.79 Å².